The number of unbranched alkanes of at least 4 members (excludes halogenated alkanes) is 1. The van der Waals surface area contributed by atoms with E-state index in [0.717, 1.165) is 24.0 Å². The lowest BCUT2D eigenvalue weighted by molar-refractivity contribution is -0.142. The largest absolute Gasteiger partial charge is 0.484 e. The number of nitrogens with zero attached hydrogens (tertiary/aromatic N) is 1. The standard InChI is InChI=1S/C28H31FN2O3/c1-2-3-18-30-28(33)26(19-22-10-6-4-7-11-22)31(20-23-14-16-24(29)17-15-23)27(32)21-34-25-12-8-5-9-13-25/h4-17,26H,2-3,18-21H2,1H3,(H,30,33). The van der Waals surface area contributed by atoms with Crippen molar-refractivity contribution in [1.82, 2.24) is 10.2 Å². The third-order valence-electron chi connectivity index (χ3n) is 5.47. The maximum Gasteiger partial charge on any atom is 0.261 e. The van der Waals surface area contributed by atoms with Gasteiger partial charge in [-0.2, -0.15) is 0 Å². The number of benzene rings is 3. The summed E-state index contributed by atoms with van der Waals surface area (Å²) in [6, 6.07) is 23.9. The van der Waals surface area contributed by atoms with Crippen molar-refractivity contribution in [3.8, 4) is 5.75 Å². The second kappa shape index (κ2) is 13.1. The Balaban J connectivity index is 1.86. The van der Waals surface area contributed by atoms with Gasteiger partial charge in [0.25, 0.3) is 5.91 Å². The number of hydrogen-bond acceptors (Lipinski definition) is 3. The first kappa shape index (κ1) is 25.0. The zero-order chi connectivity index (χ0) is 24.2. The van der Waals surface area contributed by atoms with Crippen LogP contribution in [0, 0.1) is 5.82 Å². The molecular weight excluding hydrogens is 431 g/mol. The van der Waals surface area contributed by atoms with E-state index in [9.17, 15) is 14.0 Å². The van der Waals surface area contributed by atoms with Gasteiger partial charge in [-0.1, -0.05) is 74.0 Å². The van der Waals surface area contributed by atoms with Crippen molar-refractivity contribution in [2.24, 2.45) is 0 Å². The van der Waals surface area contributed by atoms with Crippen LogP contribution < -0.4 is 10.1 Å². The highest BCUT2D eigenvalue weighted by molar-refractivity contribution is 5.88. The molecule has 1 atom stereocenters. The van der Waals surface area contributed by atoms with E-state index in [-0.39, 0.29) is 30.8 Å². The Labute approximate surface area is 200 Å². The summed E-state index contributed by atoms with van der Waals surface area (Å²) in [5.74, 6) is -0.316. The topological polar surface area (TPSA) is 58.6 Å². The van der Waals surface area contributed by atoms with Crippen molar-refractivity contribution in [2.45, 2.75) is 38.8 Å². The molecule has 0 aliphatic carbocycles. The molecule has 0 fully saturated rings. The van der Waals surface area contributed by atoms with E-state index in [1.807, 2.05) is 48.5 Å². The SMILES string of the molecule is CCCCNC(=O)C(Cc1ccccc1)N(Cc1ccc(F)cc1)C(=O)COc1ccccc1. The molecule has 0 radical (unpaired) electrons. The number of para-hydroxylation sites is 1. The molecule has 0 heterocycles. The first-order valence-corrected chi connectivity index (χ1v) is 11.6. The number of hydrogen-bond donors (Lipinski definition) is 1. The fourth-order valence-corrected chi connectivity index (χ4v) is 3.59. The predicted molar refractivity (Wildman–Crippen MR) is 131 cm³/mol. The lowest BCUT2D eigenvalue weighted by Crippen LogP contribution is -2.51. The Bertz CT molecular complexity index is 1030. The van der Waals surface area contributed by atoms with Gasteiger partial charge in [0.2, 0.25) is 5.91 Å². The molecule has 3 rings (SSSR count). The molecule has 0 saturated carbocycles. The Morgan fingerprint density at radius 3 is 2.21 bits per heavy atom. The van der Waals surface area contributed by atoms with Gasteiger partial charge >= 0.3 is 0 Å². The van der Waals surface area contributed by atoms with Gasteiger partial charge in [-0.15, -0.1) is 0 Å². The lowest BCUT2D eigenvalue weighted by atomic mass is 10.0. The van der Waals surface area contributed by atoms with Crippen molar-refractivity contribution < 1.29 is 18.7 Å². The molecule has 0 spiro atoms. The van der Waals surface area contributed by atoms with Crippen LogP contribution in [0.25, 0.3) is 0 Å². The summed E-state index contributed by atoms with van der Waals surface area (Å²) in [4.78, 5) is 28.2. The van der Waals surface area contributed by atoms with E-state index in [0.29, 0.717) is 18.7 Å². The van der Waals surface area contributed by atoms with Crippen molar-refractivity contribution in [3.63, 3.8) is 0 Å². The van der Waals surface area contributed by atoms with Crippen LogP contribution >= 0.6 is 0 Å². The van der Waals surface area contributed by atoms with Crippen molar-refractivity contribution in [1.29, 1.82) is 0 Å². The number of rotatable bonds is 12. The van der Waals surface area contributed by atoms with Gasteiger partial charge in [-0.3, -0.25) is 9.59 Å². The predicted octanol–water partition coefficient (Wildman–Crippen LogP) is 4.76. The van der Waals surface area contributed by atoms with Crippen LogP contribution in [-0.2, 0) is 22.6 Å². The molecular formula is C28H31FN2O3. The number of carbonyl (C=O) groups excluding carboxylic acids is 2. The fraction of sp³-hybridized carbons (Fsp3) is 0.286. The minimum Gasteiger partial charge on any atom is -0.484 e. The third-order valence-corrected chi connectivity index (χ3v) is 5.47. The van der Waals surface area contributed by atoms with Crippen LogP contribution in [0.1, 0.15) is 30.9 Å². The molecule has 0 aromatic heterocycles. The Hall–Kier alpha value is -3.67. The highest BCUT2D eigenvalue weighted by Crippen LogP contribution is 2.16. The third kappa shape index (κ3) is 7.73. The summed E-state index contributed by atoms with van der Waals surface area (Å²) in [5, 5.41) is 2.97. The monoisotopic (exact) mass is 462 g/mol. The van der Waals surface area contributed by atoms with E-state index >= 15 is 0 Å². The van der Waals surface area contributed by atoms with Gasteiger partial charge in [-0.25, -0.2) is 4.39 Å². The smallest absolute Gasteiger partial charge is 0.261 e. The fourth-order valence-electron chi connectivity index (χ4n) is 3.59. The van der Waals surface area contributed by atoms with Crippen LogP contribution in [0.15, 0.2) is 84.9 Å². The minimum atomic E-state index is -0.740. The van der Waals surface area contributed by atoms with Gasteiger partial charge in [0, 0.05) is 19.5 Å². The minimum absolute atomic E-state index is 0.163. The summed E-state index contributed by atoms with van der Waals surface area (Å²) < 4.78 is 19.2. The summed E-state index contributed by atoms with van der Waals surface area (Å²) in [7, 11) is 0. The summed E-state index contributed by atoms with van der Waals surface area (Å²) in [6.07, 6.45) is 2.16. The van der Waals surface area contributed by atoms with Gasteiger partial charge in [0.15, 0.2) is 6.61 Å². The van der Waals surface area contributed by atoms with Crippen molar-refractivity contribution in [2.75, 3.05) is 13.2 Å². The molecule has 0 aliphatic rings. The second-order valence-corrected chi connectivity index (χ2v) is 8.10. The summed E-state index contributed by atoms with van der Waals surface area (Å²) in [5.41, 5.74) is 1.67. The van der Waals surface area contributed by atoms with Crippen molar-refractivity contribution >= 4 is 11.8 Å². The molecule has 178 valence electrons. The zero-order valence-corrected chi connectivity index (χ0v) is 19.5. The summed E-state index contributed by atoms with van der Waals surface area (Å²) in [6.45, 7) is 2.55. The molecule has 0 saturated heterocycles. The van der Waals surface area contributed by atoms with Crippen LogP contribution in [-0.4, -0.2) is 35.9 Å². The number of halogens is 1. The Kier molecular flexibility index (Phi) is 9.65. The molecule has 0 aliphatic heterocycles. The molecule has 34 heavy (non-hydrogen) atoms. The van der Waals surface area contributed by atoms with Gasteiger partial charge in [-0.05, 0) is 41.8 Å². The highest BCUT2D eigenvalue weighted by Gasteiger charge is 2.30. The molecule has 6 heteroatoms. The highest BCUT2D eigenvalue weighted by atomic mass is 19.1. The van der Waals surface area contributed by atoms with Crippen LogP contribution in [0.4, 0.5) is 4.39 Å². The normalized spacial score (nSPS) is 11.5. The Morgan fingerprint density at radius 2 is 1.56 bits per heavy atom. The van der Waals surface area contributed by atoms with E-state index in [4.69, 9.17) is 4.74 Å². The van der Waals surface area contributed by atoms with Gasteiger partial charge in [0.05, 0.1) is 0 Å². The van der Waals surface area contributed by atoms with E-state index in [1.54, 1.807) is 24.3 Å². The molecule has 3 aromatic rings. The first-order chi connectivity index (χ1) is 16.6. The number of amides is 2. The first-order valence-electron chi connectivity index (χ1n) is 11.6. The van der Waals surface area contributed by atoms with Crippen LogP contribution in [0.2, 0.25) is 0 Å². The maximum absolute atomic E-state index is 13.5. The summed E-state index contributed by atoms with van der Waals surface area (Å²) >= 11 is 0. The van der Waals surface area contributed by atoms with Gasteiger partial charge in [0.1, 0.15) is 17.6 Å². The molecule has 3 aromatic carbocycles. The molecule has 0 bridgehead atoms. The second-order valence-electron chi connectivity index (χ2n) is 8.10. The average molecular weight is 463 g/mol. The van der Waals surface area contributed by atoms with Crippen molar-refractivity contribution in [3.05, 3.63) is 102 Å². The van der Waals surface area contributed by atoms with E-state index < -0.39 is 6.04 Å². The zero-order valence-electron chi connectivity index (χ0n) is 19.5. The average Bonchev–Trinajstić information content (AvgIpc) is 2.87. The quantitative estimate of drug-likeness (QED) is 0.395. The maximum atomic E-state index is 13.5. The number of carbonyl (C=O) groups is 2. The lowest BCUT2D eigenvalue weighted by Gasteiger charge is -2.31. The van der Waals surface area contributed by atoms with Gasteiger partial charge < -0.3 is 15.0 Å². The van der Waals surface area contributed by atoms with E-state index in [2.05, 4.69) is 12.2 Å². The van der Waals surface area contributed by atoms with Crippen LogP contribution in [0.3, 0.4) is 0 Å². The molecule has 2 amide bonds. The van der Waals surface area contributed by atoms with Crippen LogP contribution in [0.5, 0.6) is 5.75 Å². The number of ether oxygens (including phenoxy) is 1. The molecule has 1 N–H and O–H groups in total. The Morgan fingerprint density at radius 1 is 0.912 bits per heavy atom. The number of nitrogens with one attached hydrogen (secondary N) is 1. The molecule has 1 unspecified atom stereocenters. The molecule has 5 nitrogen and oxygen atoms in total. The van der Waals surface area contributed by atoms with E-state index in [1.165, 1.54) is 17.0 Å².